The minimum absolute atomic E-state index is 0.0135. The van der Waals surface area contributed by atoms with E-state index in [-0.39, 0.29) is 85.5 Å². The van der Waals surface area contributed by atoms with Crippen LogP contribution in [-0.2, 0) is 77.8 Å². The van der Waals surface area contributed by atoms with Gasteiger partial charge in [-0.1, -0.05) is 12.1 Å². The summed E-state index contributed by atoms with van der Waals surface area (Å²) in [5.74, 6) is -2.84. The smallest absolute Gasteiger partial charge is 0.237 e. The lowest BCUT2D eigenvalue weighted by molar-refractivity contribution is -0.272. The number of carbonyl (C=O) groups excluding carboxylic acids is 6. The quantitative estimate of drug-likeness (QED) is 0.0278. The van der Waals surface area contributed by atoms with Crippen LogP contribution in [0.2, 0.25) is 0 Å². The predicted molar refractivity (Wildman–Crippen MR) is 291 cm³/mol. The van der Waals surface area contributed by atoms with Crippen LogP contribution in [0.25, 0.3) is 0 Å². The number of ether oxygens (including phenoxy) is 10. The summed E-state index contributed by atoms with van der Waals surface area (Å²) in [6.07, 6.45) is -16.4. The van der Waals surface area contributed by atoms with Crippen LogP contribution in [0, 0.1) is 0 Å². The topological polar surface area (TPSA) is 452 Å². The van der Waals surface area contributed by atoms with Crippen molar-refractivity contribution in [3.63, 3.8) is 0 Å². The molecule has 0 aromatic heterocycles. The highest BCUT2D eigenvalue weighted by Gasteiger charge is 2.48. The van der Waals surface area contributed by atoms with Gasteiger partial charge in [-0.05, 0) is 44.9 Å². The average molecular weight is 1220 g/mol. The van der Waals surface area contributed by atoms with E-state index >= 15 is 0 Å². The highest BCUT2D eigenvalue weighted by molar-refractivity contribution is 5.86. The van der Waals surface area contributed by atoms with Gasteiger partial charge < -0.3 is 125 Å². The van der Waals surface area contributed by atoms with Crippen molar-refractivity contribution in [1.82, 2.24) is 36.8 Å². The van der Waals surface area contributed by atoms with Gasteiger partial charge in [0.25, 0.3) is 0 Å². The van der Waals surface area contributed by atoms with Crippen molar-refractivity contribution in [2.24, 2.45) is 0 Å². The van der Waals surface area contributed by atoms with Crippen molar-refractivity contribution in [1.29, 1.82) is 0 Å². The molecule has 6 amide bonds. The maximum absolute atomic E-state index is 14.3. The van der Waals surface area contributed by atoms with E-state index in [1.54, 1.807) is 24.3 Å². The second-order valence-electron chi connectivity index (χ2n) is 21.2. The molecular formula is C53H89N7O25. The molecule has 3 fully saturated rings. The number of benzene rings is 1. The predicted octanol–water partition coefficient (Wildman–Crippen LogP) is -7.64. The third kappa shape index (κ3) is 24.6. The molecule has 3 aliphatic heterocycles. The van der Waals surface area contributed by atoms with Gasteiger partial charge in [-0.2, -0.15) is 0 Å². The van der Waals surface area contributed by atoms with Gasteiger partial charge in [0.05, 0.1) is 98.4 Å². The van der Waals surface area contributed by atoms with Gasteiger partial charge in [-0.25, -0.2) is 0 Å². The van der Waals surface area contributed by atoms with Crippen molar-refractivity contribution in [3.8, 4) is 5.75 Å². The van der Waals surface area contributed by atoms with E-state index in [1.165, 1.54) is 25.7 Å². The summed E-state index contributed by atoms with van der Waals surface area (Å²) in [4.78, 5) is 78.6. The molecule has 0 aliphatic carbocycles. The van der Waals surface area contributed by atoms with E-state index in [4.69, 9.17) is 47.4 Å². The van der Waals surface area contributed by atoms with Crippen molar-refractivity contribution in [2.45, 2.75) is 152 Å². The van der Waals surface area contributed by atoms with Crippen LogP contribution in [0.4, 0.5) is 0 Å². The minimum atomic E-state index is -1.52. The number of aliphatic hydroxyl groups is 9. The summed E-state index contributed by atoms with van der Waals surface area (Å²) < 4.78 is 56.6. The summed E-state index contributed by atoms with van der Waals surface area (Å²) in [6, 6.07) is 2.26. The highest BCUT2D eigenvalue weighted by atomic mass is 16.7. The Kier molecular flexibility index (Phi) is 31.6. The molecule has 4 rings (SSSR count). The fourth-order valence-electron chi connectivity index (χ4n) is 9.12. The number of nitrogens with zero attached hydrogens (tertiary/aromatic N) is 1. The van der Waals surface area contributed by atoms with Crippen molar-refractivity contribution < 1.29 is 122 Å². The second-order valence-corrected chi connectivity index (χ2v) is 21.2. The van der Waals surface area contributed by atoms with E-state index in [0.717, 1.165) is 0 Å². The Bertz CT molecular complexity index is 2110. The van der Waals surface area contributed by atoms with E-state index in [2.05, 4.69) is 31.9 Å². The number of carbonyl (C=O) groups is 6. The molecule has 0 bridgehead atoms. The number of aliphatic hydroxyl groups excluding tert-OH is 9. The summed E-state index contributed by atoms with van der Waals surface area (Å²) in [5.41, 5.74) is 0.113. The Balaban J connectivity index is 1.41. The van der Waals surface area contributed by atoms with E-state index in [1.807, 2.05) is 20.8 Å². The summed E-state index contributed by atoms with van der Waals surface area (Å²) in [6.45, 7) is 5.47. The number of rotatable bonds is 36. The van der Waals surface area contributed by atoms with Gasteiger partial charge in [-0.3, -0.25) is 33.7 Å². The summed E-state index contributed by atoms with van der Waals surface area (Å²) in [7, 11) is 0. The Hall–Kier alpha value is -4.92. The molecule has 32 nitrogen and oxygen atoms in total. The van der Waals surface area contributed by atoms with E-state index < -0.39 is 172 Å². The van der Waals surface area contributed by atoms with Crippen molar-refractivity contribution in [2.75, 3.05) is 112 Å². The number of amides is 6. The zero-order valence-electron chi connectivity index (χ0n) is 48.8. The lowest BCUT2D eigenvalue weighted by Gasteiger charge is -2.42. The molecule has 32 heteroatoms. The summed E-state index contributed by atoms with van der Waals surface area (Å²) >= 11 is 0. The first-order valence-electron chi connectivity index (χ1n) is 28.0. The third-order valence-electron chi connectivity index (χ3n) is 13.2. The lowest BCUT2D eigenvalue weighted by atomic mass is 9.97. The standard InChI is InChI=1S/C53H89N7O25/c1-29(64)57-40-46(72)43(69)35(26-61)82-50(40)79-20-17-76-14-11-54-38(67)24-60(25-39(68)55-12-15-77-18-21-80-51-41(58-30(2)65)47(73)44(70)36(27-62)83-51)34(23-32-7-9-33(10-8-32)85-53(4,5)6)49(75)56-13-16-78-19-22-81-52-42(59-31(3)66)48(74)45(71)37(28-63)84-52/h7-10,34-37,40-48,50-52,61-63,69-74H,11-28H2,1-6H3,(H,54,67)(H,55,68)(H,56,75)(H,57,64)(H,58,65)(H,59,66). The zero-order valence-corrected chi connectivity index (χ0v) is 48.8. The fraction of sp³-hybridized carbons (Fsp3) is 0.774. The SMILES string of the molecule is CC(=O)NC1C(OCCOCCNC(=O)CN(CC(=O)NCCOCCOC2OC(CO)C(O)C(O)C2NC(C)=O)C(Cc2ccc(OC(C)(C)C)cc2)C(=O)NCCOCCOC2OC(CO)C(O)C(O)C2NC(C)=O)OC(CO)C(O)C1O. The van der Waals surface area contributed by atoms with Crippen LogP contribution >= 0.6 is 0 Å². The maximum atomic E-state index is 14.3. The van der Waals surface area contributed by atoms with Crippen LogP contribution in [0.1, 0.15) is 47.1 Å². The van der Waals surface area contributed by atoms with E-state index in [9.17, 15) is 74.7 Å². The average Bonchev–Trinajstić information content (AvgIpc) is 3.21. The lowest BCUT2D eigenvalue weighted by Crippen LogP contribution is -2.64. The molecule has 1 aromatic rings. The van der Waals surface area contributed by atoms with Gasteiger partial charge in [0.15, 0.2) is 18.9 Å². The Morgan fingerprint density at radius 2 is 0.847 bits per heavy atom. The monoisotopic (exact) mass is 1220 g/mol. The molecule has 3 aliphatic rings. The third-order valence-corrected chi connectivity index (χ3v) is 13.2. The van der Waals surface area contributed by atoms with Crippen molar-refractivity contribution in [3.05, 3.63) is 29.8 Å². The molecule has 15 N–H and O–H groups in total. The first-order valence-corrected chi connectivity index (χ1v) is 28.0. The number of hydrogen-bond acceptors (Lipinski definition) is 26. The van der Waals surface area contributed by atoms with Crippen LogP contribution in [0.3, 0.4) is 0 Å². The van der Waals surface area contributed by atoms with Crippen LogP contribution < -0.4 is 36.6 Å². The fourth-order valence-corrected chi connectivity index (χ4v) is 9.12. The second kappa shape index (κ2) is 37.0. The van der Waals surface area contributed by atoms with Gasteiger partial charge >= 0.3 is 0 Å². The van der Waals surface area contributed by atoms with Crippen LogP contribution in [-0.4, -0.2) is 302 Å². The molecule has 1 aromatic carbocycles. The number of nitrogens with one attached hydrogen (secondary N) is 6. The molecule has 3 heterocycles. The minimum Gasteiger partial charge on any atom is -0.488 e. The Labute approximate surface area is 492 Å². The first kappa shape index (κ1) is 72.6. The Morgan fingerprint density at radius 1 is 0.506 bits per heavy atom. The van der Waals surface area contributed by atoms with Gasteiger partial charge in [0, 0.05) is 40.4 Å². The zero-order chi connectivity index (χ0) is 62.8. The van der Waals surface area contributed by atoms with Gasteiger partial charge in [0.2, 0.25) is 35.4 Å². The normalized spacial score (nSPS) is 28.2. The largest absolute Gasteiger partial charge is 0.488 e. The van der Waals surface area contributed by atoms with Gasteiger partial charge in [-0.15, -0.1) is 0 Å². The molecule has 3 saturated heterocycles. The van der Waals surface area contributed by atoms with Crippen molar-refractivity contribution >= 4 is 35.4 Å². The maximum Gasteiger partial charge on any atom is 0.237 e. The molecule has 16 unspecified atom stereocenters. The molecule has 85 heavy (non-hydrogen) atoms. The Morgan fingerprint density at radius 3 is 1.16 bits per heavy atom. The highest BCUT2D eigenvalue weighted by Crippen LogP contribution is 2.26. The molecule has 0 radical (unpaired) electrons. The molecule has 0 saturated carbocycles. The summed E-state index contributed by atoms with van der Waals surface area (Å²) in [5, 5.41) is 107. The molecule has 16 atom stereocenters. The number of hydrogen-bond donors (Lipinski definition) is 15. The van der Waals surface area contributed by atoms with Crippen LogP contribution in [0.15, 0.2) is 24.3 Å². The van der Waals surface area contributed by atoms with E-state index in [0.29, 0.717) is 11.3 Å². The molecular weight excluding hydrogens is 1130 g/mol. The molecule has 486 valence electrons. The van der Waals surface area contributed by atoms with Crippen LogP contribution in [0.5, 0.6) is 5.75 Å². The first-order chi connectivity index (χ1) is 40.4. The van der Waals surface area contributed by atoms with Gasteiger partial charge in [0.1, 0.15) is 84.4 Å². The molecule has 0 spiro atoms.